The summed E-state index contributed by atoms with van der Waals surface area (Å²) in [6.45, 7) is 6.15. The van der Waals surface area contributed by atoms with E-state index in [9.17, 15) is 9.59 Å². The Morgan fingerprint density at radius 1 is 1.38 bits per heavy atom. The van der Waals surface area contributed by atoms with Crippen molar-refractivity contribution in [3.63, 3.8) is 0 Å². The topological polar surface area (TPSA) is 53.5 Å². The molecule has 0 spiro atoms. The monoisotopic (exact) mass is 363 g/mol. The van der Waals surface area contributed by atoms with Crippen molar-refractivity contribution in [1.82, 2.24) is 9.88 Å². The van der Waals surface area contributed by atoms with Gasteiger partial charge < -0.3 is 9.80 Å². The van der Waals surface area contributed by atoms with Crippen LogP contribution in [0, 0.1) is 13.8 Å². The summed E-state index contributed by atoms with van der Waals surface area (Å²) in [6.07, 6.45) is 0. The first-order valence-electron chi connectivity index (χ1n) is 7.67. The molecular weight excluding hydrogens is 346 g/mol. The second kappa shape index (κ2) is 6.53. The minimum Gasteiger partial charge on any atom is -0.324 e. The predicted octanol–water partition coefficient (Wildman–Crippen LogP) is 3.29. The molecule has 1 aromatic heterocycles. The molecule has 2 amide bonds. The minimum atomic E-state index is -0.121. The van der Waals surface area contributed by atoms with Crippen molar-refractivity contribution in [1.29, 1.82) is 0 Å². The maximum absolute atomic E-state index is 12.8. The van der Waals surface area contributed by atoms with Crippen molar-refractivity contribution in [2.75, 3.05) is 18.0 Å². The summed E-state index contributed by atoms with van der Waals surface area (Å²) in [5, 5.41) is 1.44. The van der Waals surface area contributed by atoms with Crippen LogP contribution in [-0.2, 0) is 4.79 Å². The zero-order chi connectivity index (χ0) is 17.4. The molecule has 1 aromatic carbocycles. The molecule has 0 aliphatic carbocycles. The van der Waals surface area contributed by atoms with Crippen LogP contribution in [0.25, 0.3) is 0 Å². The van der Waals surface area contributed by atoms with E-state index in [0.29, 0.717) is 16.4 Å². The highest BCUT2D eigenvalue weighted by Crippen LogP contribution is 2.26. The SMILES string of the molecule is Cc1nc(C)c(C(=O)N2CC(=O)N(c3cccc(Cl)c3)C[C@@H]2C)s1. The van der Waals surface area contributed by atoms with Crippen LogP contribution in [-0.4, -0.2) is 40.8 Å². The molecule has 0 bridgehead atoms. The number of benzene rings is 1. The average molecular weight is 364 g/mol. The van der Waals surface area contributed by atoms with Crippen molar-refractivity contribution in [2.45, 2.75) is 26.8 Å². The average Bonchev–Trinajstić information content (AvgIpc) is 2.87. The first-order valence-corrected chi connectivity index (χ1v) is 8.87. The van der Waals surface area contributed by atoms with E-state index in [4.69, 9.17) is 11.6 Å². The van der Waals surface area contributed by atoms with Crippen LogP contribution in [0.1, 0.15) is 27.3 Å². The number of thiazole rings is 1. The molecule has 3 rings (SSSR count). The first kappa shape index (κ1) is 16.9. The van der Waals surface area contributed by atoms with Gasteiger partial charge in [-0.2, -0.15) is 0 Å². The fourth-order valence-corrected chi connectivity index (χ4v) is 3.94. The Hall–Kier alpha value is -1.92. The van der Waals surface area contributed by atoms with Gasteiger partial charge in [0.15, 0.2) is 0 Å². The fourth-order valence-electron chi connectivity index (χ4n) is 2.88. The Morgan fingerprint density at radius 2 is 2.12 bits per heavy atom. The summed E-state index contributed by atoms with van der Waals surface area (Å²) in [5.41, 5.74) is 1.48. The molecular formula is C17H18ClN3O2S. The van der Waals surface area contributed by atoms with Gasteiger partial charge in [-0.05, 0) is 39.0 Å². The van der Waals surface area contributed by atoms with E-state index >= 15 is 0 Å². The van der Waals surface area contributed by atoms with Gasteiger partial charge >= 0.3 is 0 Å². The quantitative estimate of drug-likeness (QED) is 0.822. The number of nitrogens with zero attached hydrogens (tertiary/aromatic N) is 3. The second-order valence-corrected chi connectivity index (χ2v) is 7.55. The standard InChI is InChI=1S/C17H18ClN3O2S/c1-10-8-21(14-6-4-5-13(18)7-14)15(22)9-20(10)17(23)16-11(2)19-12(3)24-16/h4-7,10H,8-9H2,1-3H3/t10-/m0/s1. The number of piperazine rings is 1. The summed E-state index contributed by atoms with van der Waals surface area (Å²) in [6, 6.07) is 7.12. The van der Waals surface area contributed by atoms with Gasteiger partial charge in [-0.3, -0.25) is 9.59 Å². The number of hydrogen-bond acceptors (Lipinski definition) is 4. The highest BCUT2D eigenvalue weighted by atomic mass is 35.5. The molecule has 5 nitrogen and oxygen atoms in total. The highest BCUT2D eigenvalue weighted by Gasteiger charge is 2.34. The first-order chi connectivity index (χ1) is 11.4. The van der Waals surface area contributed by atoms with Crippen LogP contribution in [0.5, 0.6) is 0 Å². The smallest absolute Gasteiger partial charge is 0.266 e. The van der Waals surface area contributed by atoms with E-state index in [-0.39, 0.29) is 24.4 Å². The number of aromatic nitrogens is 1. The van der Waals surface area contributed by atoms with E-state index in [1.54, 1.807) is 21.9 Å². The summed E-state index contributed by atoms with van der Waals surface area (Å²) in [5.74, 6) is -0.229. The van der Waals surface area contributed by atoms with Crippen LogP contribution >= 0.6 is 22.9 Å². The number of amides is 2. The van der Waals surface area contributed by atoms with Crippen LogP contribution in [0.4, 0.5) is 5.69 Å². The van der Waals surface area contributed by atoms with Gasteiger partial charge in [-0.1, -0.05) is 17.7 Å². The molecule has 1 fully saturated rings. The van der Waals surface area contributed by atoms with Gasteiger partial charge in [-0.25, -0.2) is 4.98 Å². The lowest BCUT2D eigenvalue weighted by Gasteiger charge is -2.39. The third kappa shape index (κ3) is 3.16. The summed E-state index contributed by atoms with van der Waals surface area (Å²) < 4.78 is 0. The van der Waals surface area contributed by atoms with Crippen LogP contribution in [0.3, 0.4) is 0 Å². The number of carbonyl (C=O) groups is 2. The molecule has 1 aliphatic rings. The van der Waals surface area contributed by atoms with Crippen molar-refractivity contribution in [3.05, 3.63) is 44.9 Å². The third-order valence-corrected chi connectivity index (χ3v) is 5.36. The number of rotatable bonds is 2. The Balaban J connectivity index is 1.82. The second-order valence-electron chi connectivity index (χ2n) is 5.91. The lowest BCUT2D eigenvalue weighted by Crippen LogP contribution is -2.57. The van der Waals surface area contributed by atoms with E-state index in [2.05, 4.69) is 4.98 Å². The van der Waals surface area contributed by atoms with Gasteiger partial charge in [0, 0.05) is 23.3 Å². The molecule has 1 saturated heterocycles. The van der Waals surface area contributed by atoms with Crippen molar-refractivity contribution >= 4 is 40.4 Å². The number of aryl methyl sites for hydroxylation is 2. The van der Waals surface area contributed by atoms with Gasteiger partial charge in [0.2, 0.25) is 5.91 Å². The number of halogens is 1. The predicted molar refractivity (Wildman–Crippen MR) is 95.9 cm³/mol. The summed E-state index contributed by atoms with van der Waals surface area (Å²) in [4.78, 5) is 33.6. The van der Waals surface area contributed by atoms with Gasteiger partial charge in [-0.15, -0.1) is 11.3 Å². The maximum atomic E-state index is 12.8. The minimum absolute atomic E-state index is 0.0584. The molecule has 0 radical (unpaired) electrons. The molecule has 1 aliphatic heterocycles. The van der Waals surface area contributed by atoms with Gasteiger partial charge in [0.25, 0.3) is 5.91 Å². The zero-order valence-electron chi connectivity index (χ0n) is 13.7. The Kier molecular flexibility index (Phi) is 4.60. The van der Waals surface area contributed by atoms with E-state index in [1.165, 1.54) is 11.3 Å². The van der Waals surface area contributed by atoms with E-state index in [1.807, 2.05) is 32.9 Å². The lowest BCUT2D eigenvalue weighted by atomic mass is 10.1. The maximum Gasteiger partial charge on any atom is 0.266 e. The van der Waals surface area contributed by atoms with Crippen LogP contribution in [0.2, 0.25) is 5.02 Å². The van der Waals surface area contributed by atoms with Crippen molar-refractivity contribution < 1.29 is 9.59 Å². The molecule has 2 aromatic rings. The number of hydrogen-bond donors (Lipinski definition) is 0. The Morgan fingerprint density at radius 3 is 2.75 bits per heavy atom. The molecule has 1 atom stereocenters. The van der Waals surface area contributed by atoms with Crippen molar-refractivity contribution in [3.8, 4) is 0 Å². The normalized spacial score (nSPS) is 18.2. The third-order valence-electron chi connectivity index (χ3n) is 4.06. The molecule has 0 saturated carbocycles. The molecule has 0 N–H and O–H groups in total. The van der Waals surface area contributed by atoms with Crippen LogP contribution < -0.4 is 4.90 Å². The van der Waals surface area contributed by atoms with Gasteiger partial charge in [0.1, 0.15) is 11.4 Å². The highest BCUT2D eigenvalue weighted by molar-refractivity contribution is 7.13. The van der Waals surface area contributed by atoms with Gasteiger partial charge in [0.05, 0.1) is 10.7 Å². The van der Waals surface area contributed by atoms with Crippen LogP contribution in [0.15, 0.2) is 24.3 Å². The molecule has 7 heteroatoms. The van der Waals surface area contributed by atoms with E-state index in [0.717, 1.165) is 16.4 Å². The Bertz CT molecular complexity index is 805. The summed E-state index contributed by atoms with van der Waals surface area (Å²) in [7, 11) is 0. The van der Waals surface area contributed by atoms with Crippen molar-refractivity contribution in [2.24, 2.45) is 0 Å². The molecule has 126 valence electrons. The van der Waals surface area contributed by atoms with E-state index < -0.39 is 0 Å². The summed E-state index contributed by atoms with van der Waals surface area (Å²) >= 11 is 7.39. The molecule has 24 heavy (non-hydrogen) atoms. The number of anilines is 1. The molecule has 0 unspecified atom stereocenters. The molecule has 2 heterocycles. The fraction of sp³-hybridized carbons (Fsp3) is 0.353. The Labute approximate surface area is 149 Å². The largest absolute Gasteiger partial charge is 0.324 e. The number of carbonyl (C=O) groups excluding carboxylic acids is 2. The lowest BCUT2D eigenvalue weighted by molar-refractivity contribution is -0.121. The zero-order valence-corrected chi connectivity index (χ0v) is 15.3.